The van der Waals surface area contributed by atoms with Gasteiger partial charge in [0.1, 0.15) is 19.0 Å². The second kappa shape index (κ2) is 11.7. The summed E-state index contributed by atoms with van der Waals surface area (Å²) < 4.78 is 60.3. The van der Waals surface area contributed by atoms with Crippen molar-refractivity contribution in [2.24, 2.45) is 0 Å². The van der Waals surface area contributed by atoms with Gasteiger partial charge >= 0.3 is 18.3 Å². The highest BCUT2D eigenvalue weighted by Crippen LogP contribution is 2.39. The Hall–Kier alpha value is -3.55. The number of hydrogen-bond donors (Lipinski definition) is 0. The molecule has 2 rings (SSSR count). The highest BCUT2D eigenvalue weighted by atomic mass is 19.4. The monoisotopic (exact) mass is 506 g/mol. The molecule has 1 heterocycles. The average Bonchev–Trinajstić information content (AvgIpc) is 2.71. The number of benzene rings is 1. The van der Waals surface area contributed by atoms with Crippen molar-refractivity contribution in [2.45, 2.75) is 39.3 Å². The number of aryl methyl sites for hydroxylation is 2. The molecular formula is C21H25F3N2O9. The van der Waals surface area contributed by atoms with Gasteiger partial charge in [0.2, 0.25) is 12.4 Å². The van der Waals surface area contributed by atoms with E-state index in [-0.39, 0.29) is 37.6 Å². The van der Waals surface area contributed by atoms with Gasteiger partial charge in [0.15, 0.2) is 0 Å². The highest BCUT2D eigenvalue weighted by Gasteiger charge is 2.49. The molecule has 0 spiro atoms. The van der Waals surface area contributed by atoms with E-state index in [2.05, 4.69) is 4.84 Å². The fraction of sp³-hybridized carbons (Fsp3) is 0.524. The second-order valence-electron chi connectivity index (χ2n) is 7.69. The van der Waals surface area contributed by atoms with Crippen molar-refractivity contribution >= 4 is 18.2 Å². The quantitative estimate of drug-likeness (QED) is 0.202. The zero-order valence-corrected chi connectivity index (χ0v) is 19.4. The van der Waals surface area contributed by atoms with Crippen LogP contribution >= 0.6 is 0 Å². The van der Waals surface area contributed by atoms with Gasteiger partial charge in [-0.3, -0.25) is 0 Å². The molecule has 0 saturated carbocycles. The summed E-state index contributed by atoms with van der Waals surface area (Å²) in [5.74, 6) is -1.36. The van der Waals surface area contributed by atoms with Gasteiger partial charge in [-0.2, -0.15) is 13.2 Å². The average molecular weight is 506 g/mol. The number of hydrogen-bond acceptors (Lipinski definition) is 10. The molecule has 0 aliphatic carbocycles. The Morgan fingerprint density at radius 1 is 1.20 bits per heavy atom. The Morgan fingerprint density at radius 2 is 1.86 bits per heavy atom. The van der Waals surface area contributed by atoms with Crippen LogP contribution in [0.2, 0.25) is 0 Å². The minimum Gasteiger partial charge on any atom is -0.475 e. The van der Waals surface area contributed by atoms with Crippen molar-refractivity contribution in [2.75, 3.05) is 33.4 Å². The molecule has 1 aromatic carbocycles. The fourth-order valence-corrected chi connectivity index (χ4v) is 3.17. The van der Waals surface area contributed by atoms with Crippen molar-refractivity contribution in [3.05, 3.63) is 44.5 Å². The number of rotatable bonds is 10. The molecule has 2 unspecified atom stereocenters. The largest absolute Gasteiger partial charge is 0.511 e. The first-order chi connectivity index (χ1) is 16.3. The van der Waals surface area contributed by atoms with Gasteiger partial charge in [0, 0.05) is 25.6 Å². The first-order valence-electron chi connectivity index (χ1n) is 10.3. The summed E-state index contributed by atoms with van der Waals surface area (Å²) >= 11 is 0. The molecule has 0 bridgehead atoms. The Bertz CT molecular complexity index is 982. The number of halogens is 3. The smallest absolute Gasteiger partial charge is 0.475 e. The summed E-state index contributed by atoms with van der Waals surface area (Å²) in [4.78, 5) is 40.1. The van der Waals surface area contributed by atoms with E-state index in [1.807, 2.05) is 0 Å². The third-order valence-corrected chi connectivity index (χ3v) is 4.71. The van der Waals surface area contributed by atoms with Crippen LogP contribution in [0.4, 0.5) is 18.0 Å². The summed E-state index contributed by atoms with van der Waals surface area (Å²) in [6.45, 7) is 4.50. The van der Waals surface area contributed by atoms with Gasteiger partial charge in [0.05, 0.1) is 5.57 Å². The van der Waals surface area contributed by atoms with E-state index >= 15 is 0 Å². The predicted molar refractivity (Wildman–Crippen MR) is 113 cm³/mol. The van der Waals surface area contributed by atoms with E-state index in [9.17, 15) is 32.9 Å². The molecule has 0 amide bonds. The third-order valence-electron chi connectivity index (χ3n) is 4.71. The molecule has 11 nitrogen and oxygen atoms in total. The lowest BCUT2D eigenvalue weighted by molar-refractivity contribution is -0.757. The van der Waals surface area contributed by atoms with Gasteiger partial charge in [0.25, 0.3) is 5.09 Å². The summed E-state index contributed by atoms with van der Waals surface area (Å²) in [5, 5.41) is 9.16. The van der Waals surface area contributed by atoms with Crippen LogP contribution in [0.15, 0.2) is 17.7 Å². The zero-order chi connectivity index (χ0) is 26.3. The molecule has 1 aliphatic heterocycles. The predicted octanol–water partition coefficient (Wildman–Crippen LogP) is 3.19. The maximum absolute atomic E-state index is 13.6. The molecule has 1 aromatic rings. The van der Waals surface area contributed by atoms with Crippen LogP contribution in [-0.2, 0) is 23.8 Å². The highest BCUT2D eigenvalue weighted by molar-refractivity contribution is 5.96. The lowest BCUT2D eigenvalue weighted by Crippen LogP contribution is -2.41. The van der Waals surface area contributed by atoms with Gasteiger partial charge in [-0.25, -0.2) is 9.59 Å². The van der Waals surface area contributed by atoms with Crippen LogP contribution in [0.5, 0.6) is 5.75 Å². The molecule has 14 heteroatoms. The maximum Gasteiger partial charge on any atom is 0.511 e. The molecule has 0 fully saturated rings. The maximum atomic E-state index is 13.6. The number of alkyl halides is 3. The van der Waals surface area contributed by atoms with E-state index in [0.717, 1.165) is 18.6 Å². The van der Waals surface area contributed by atoms with Crippen molar-refractivity contribution in [3.8, 4) is 5.75 Å². The minimum atomic E-state index is -4.90. The number of likely N-dealkylation sites (N-methyl/N-ethyl adjacent to an activating group) is 1. The molecular weight excluding hydrogens is 481 g/mol. The van der Waals surface area contributed by atoms with Crippen LogP contribution in [0, 0.1) is 24.0 Å². The van der Waals surface area contributed by atoms with Crippen LogP contribution in [0.3, 0.4) is 0 Å². The van der Waals surface area contributed by atoms with Crippen LogP contribution < -0.4 is 4.74 Å². The molecule has 194 valence electrons. The number of carbonyl (C=O) groups excluding carboxylic acids is 2. The van der Waals surface area contributed by atoms with E-state index in [1.54, 1.807) is 37.9 Å². The first-order valence-corrected chi connectivity index (χ1v) is 10.3. The van der Waals surface area contributed by atoms with Gasteiger partial charge in [-0.15, -0.1) is 10.1 Å². The number of nitrogens with zero attached hydrogens (tertiary/aromatic N) is 2. The second-order valence-corrected chi connectivity index (χ2v) is 7.69. The molecule has 2 atom stereocenters. The van der Waals surface area contributed by atoms with Crippen molar-refractivity contribution in [1.82, 2.24) is 4.90 Å². The first kappa shape index (κ1) is 27.7. The molecule has 0 saturated heterocycles. The van der Waals surface area contributed by atoms with Crippen LogP contribution in [0.25, 0.3) is 6.08 Å². The van der Waals surface area contributed by atoms with Gasteiger partial charge < -0.3 is 28.7 Å². The summed E-state index contributed by atoms with van der Waals surface area (Å²) in [6.07, 6.45) is -9.20. The Morgan fingerprint density at radius 3 is 2.49 bits per heavy atom. The summed E-state index contributed by atoms with van der Waals surface area (Å²) in [5.41, 5.74) is 0.732. The number of fused-ring (bicyclic) bond motifs is 1. The van der Waals surface area contributed by atoms with E-state index in [1.165, 1.54) is 0 Å². The molecule has 0 radical (unpaired) electrons. The molecule has 0 N–H and O–H groups in total. The van der Waals surface area contributed by atoms with Crippen molar-refractivity contribution in [1.29, 1.82) is 0 Å². The van der Waals surface area contributed by atoms with Gasteiger partial charge in [-0.1, -0.05) is 11.6 Å². The molecule has 0 aromatic heterocycles. The topological polar surface area (TPSA) is 127 Å². The van der Waals surface area contributed by atoms with Crippen molar-refractivity contribution < 1.29 is 51.6 Å². The molecule has 35 heavy (non-hydrogen) atoms. The summed E-state index contributed by atoms with van der Waals surface area (Å²) in [6, 6.07) is 3.23. The lowest BCUT2D eigenvalue weighted by atomic mass is 9.97. The number of esters is 1. The number of ether oxygens (including phenoxy) is 4. The zero-order valence-electron chi connectivity index (χ0n) is 19.4. The van der Waals surface area contributed by atoms with E-state index < -0.39 is 41.4 Å². The normalized spacial score (nSPS) is 15.9. The Balaban J connectivity index is 1.94. The lowest BCUT2D eigenvalue weighted by Gasteiger charge is -2.29. The van der Waals surface area contributed by atoms with E-state index in [4.69, 9.17) is 18.9 Å². The Kier molecular flexibility index (Phi) is 9.28. The standard InChI is InChI=1S/C21H25F3N2O9/c1-12-9-13(2)17-15(10-12)11-16(18(35-17)21(22,23)24)19(27)33-14(3)34-20(28)31-7-5-25(4)6-8-32-26(29)30/h9-11,14,18H,5-8H2,1-4H3. The Labute approximate surface area is 198 Å². The van der Waals surface area contributed by atoms with Gasteiger partial charge in [-0.05, 0) is 38.6 Å². The van der Waals surface area contributed by atoms with Crippen LogP contribution in [-0.4, -0.2) is 74.0 Å². The summed E-state index contributed by atoms with van der Waals surface area (Å²) in [7, 11) is 1.60. The van der Waals surface area contributed by atoms with Crippen molar-refractivity contribution in [3.63, 3.8) is 0 Å². The van der Waals surface area contributed by atoms with Crippen LogP contribution in [0.1, 0.15) is 23.6 Å². The third kappa shape index (κ3) is 8.31. The fourth-order valence-electron chi connectivity index (χ4n) is 3.17. The number of carbonyl (C=O) groups is 2. The minimum absolute atomic E-state index is 0.0114. The molecule has 1 aliphatic rings. The SMILES string of the molecule is Cc1cc(C)c2c(c1)C=C(C(=O)OC(C)OC(=O)OCCN(C)CCO[N+](=O)[O-])C(C(F)(F)F)O2. The van der Waals surface area contributed by atoms with E-state index in [0.29, 0.717) is 5.56 Å².